The van der Waals surface area contributed by atoms with E-state index in [4.69, 9.17) is 14.5 Å². The van der Waals surface area contributed by atoms with Crippen molar-refractivity contribution in [3.05, 3.63) is 48.2 Å². The van der Waals surface area contributed by atoms with E-state index in [9.17, 15) is 0 Å². The Balaban J connectivity index is 2.07. The Morgan fingerprint density at radius 1 is 1.10 bits per heavy atom. The van der Waals surface area contributed by atoms with Gasteiger partial charge >= 0.3 is 0 Å². The van der Waals surface area contributed by atoms with Gasteiger partial charge in [-0.15, -0.1) is 0 Å². The monoisotopic (exact) mass is 279 g/mol. The van der Waals surface area contributed by atoms with Crippen molar-refractivity contribution in [2.24, 2.45) is 0 Å². The first-order valence-electron chi connectivity index (χ1n) is 7.35. The summed E-state index contributed by atoms with van der Waals surface area (Å²) in [5.41, 5.74) is 2.07. The molecule has 1 aliphatic heterocycles. The molecule has 106 valence electrons. The number of fused-ring (bicyclic) bond motifs is 3. The maximum atomic E-state index is 5.87. The molecule has 0 radical (unpaired) electrons. The summed E-state index contributed by atoms with van der Waals surface area (Å²) in [6, 6.07) is 14.5. The summed E-state index contributed by atoms with van der Waals surface area (Å²) in [5.74, 6) is 0.860. The predicted octanol–water partition coefficient (Wildman–Crippen LogP) is 4.25. The maximum Gasteiger partial charge on any atom is 0.119 e. The lowest BCUT2D eigenvalue weighted by molar-refractivity contribution is 0.110. The largest absolute Gasteiger partial charge is 0.497 e. The molecule has 1 atom stereocenters. The van der Waals surface area contributed by atoms with Crippen molar-refractivity contribution in [3.8, 4) is 5.75 Å². The Morgan fingerprint density at radius 3 is 2.81 bits per heavy atom. The molecule has 3 nitrogen and oxygen atoms in total. The molecule has 3 aromatic rings. The van der Waals surface area contributed by atoms with Crippen molar-refractivity contribution < 1.29 is 9.47 Å². The zero-order valence-electron chi connectivity index (χ0n) is 12.0. The van der Waals surface area contributed by atoms with Crippen molar-refractivity contribution >= 4 is 21.7 Å². The standard InChI is InChI=1S/C18H17NO2/c1-20-12-8-9-13-14-5-2-3-6-16(14)19-18(15(13)11-12)17-7-4-10-21-17/h2-3,5-6,8-9,11,17H,4,7,10H2,1H3. The normalized spacial score (nSPS) is 18.4. The second-order valence-corrected chi connectivity index (χ2v) is 5.43. The second-order valence-electron chi connectivity index (χ2n) is 5.43. The summed E-state index contributed by atoms with van der Waals surface area (Å²) in [5, 5.41) is 3.53. The molecule has 2 heterocycles. The van der Waals surface area contributed by atoms with E-state index in [1.807, 2.05) is 12.1 Å². The lowest BCUT2D eigenvalue weighted by Gasteiger charge is -2.15. The van der Waals surface area contributed by atoms with Gasteiger partial charge in [-0.2, -0.15) is 0 Å². The number of benzene rings is 2. The van der Waals surface area contributed by atoms with E-state index in [0.29, 0.717) is 0 Å². The number of ether oxygens (including phenoxy) is 2. The Labute approximate surface area is 123 Å². The minimum Gasteiger partial charge on any atom is -0.497 e. The first-order chi connectivity index (χ1) is 10.4. The molecule has 4 rings (SSSR count). The molecule has 0 aliphatic carbocycles. The van der Waals surface area contributed by atoms with E-state index in [2.05, 4.69) is 30.3 Å². The summed E-state index contributed by atoms with van der Waals surface area (Å²) in [6.45, 7) is 0.824. The highest BCUT2D eigenvalue weighted by Gasteiger charge is 2.22. The average molecular weight is 279 g/mol. The molecule has 0 N–H and O–H groups in total. The van der Waals surface area contributed by atoms with Crippen LogP contribution in [0.15, 0.2) is 42.5 Å². The van der Waals surface area contributed by atoms with Crippen LogP contribution < -0.4 is 4.74 Å². The van der Waals surface area contributed by atoms with Gasteiger partial charge in [-0.1, -0.05) is 18.2 Å². The summed E-state index contributed by atoms with van der Waals surface area (Å²) in [6.07, 6.45) is 2.24. The van der Waals surface area contributed by atoms with Gasteiger partial charge in [0.1, 0.15) is 11.9 Å². The van der Waals surface area contributed by atoms with Crippen LogP contribution in [0.25, 0.3) is 21.7 Å². The lowest BCUT2D eigenvalue weighted by atomic mass is 10.00. The molecule has 0 saturated carbocycles. The number of aromatic nitrogens is 1. The van der Waals surface area contributed by atoms with Crippen LogP contribution in [-0.4, -0.2) is 18.7 Å². The number of methoxy groups -OCH3 is 1. The smallest absolute Gasteiger partial charge is 0.119 e. The van der Waals surface area contributed by atoms with Gasteiger partial charge in [0.05, 0.1) is 18.3 Å². The highest BCUT2D eigenvalue weighted by molar-refractivity contribution is 6.07. The molecular weight excluding hydrogens is 262 g/mol. The van der Waals surface area contributed by atoms with E-state index in [0.717, 1.165) is 41.8 Å². The van der Waals surface area contributed by atoms with Crippen LogP contribution in [0.2, 0.25) is 0 Å². The average Bonchev–Trinajstić information content (AvgIpc) is 3.07. The van der Waals surface area contributed by atoms with E-state index in [1.54, 1.807) is 7.11 Å². The lowest BCUT2D eigenvalue weighted by Crippen LogP contribution is -2.01. The van der Waals surface area contributed by atoms with Crippen LogP contribution in [0.1, 0.15) is 24.6 Å². The quantitative estimate of drug-likeness (QED) is 0.657. The maximum absolute atomic E-state index is 5.87. The Morgan fingerprint density at radius 2 is 2.00 bits per heavy atom. The van der Waals surface area contributed by atoms with Gasteiger partial charge < -0.3 is 9.47 Å². The molecule has 0 spiro atoms. The van der Waals surface area contributed by atoms with Crippen molar-refractivity contribution in [3.63, 3.8) is 0 Å². The molecule has 0 amide bonds. The third-order valence-corrected chi connectivity index (χ3v) is 4.17. The SMILES string of the molecule is COc1ccc2c(c1)c(C1CCCO1)nc1ccccc12. The van der Waals surface area contributed by atoms with Crippen LogP contribution in [-0.2, 0) is 4.74 Å². The predicted molar refractivity (Wildman–Crippen MR) is 83.7 cm³/mol. The van der Waals surface area contributed by atoms with Gasteiger partial charge in [-0.25, -0.2) is 4.98 Å². The fraction of sp³-hybridized carbons (Fsp3) is 0.278. The van der Waals surface area contributed by atoms with Gasteiger partial charge in [0, 0.05) is 17.4 Å². The zero-order chi connectivity index (χ0) is 14.2. The summed E-state index contributed by atoms with van der Waals surface area (Å²) in [7, 11) is 1.70. The van der Waals surface area contributed by atoms with Gasteiger partial charge in [-0.3, -0.25) is 0 Å². The molecule has 3 heteroatoms. The fourth-order valence-electron chi connectivity index (χ4n) is 3.12. The van der Waals surface area contributed by atoms with Crippen LogP contribution in [0.5, 0.6) is 5.75 Å². The van der Waals surface area contributed by atoms with Gasteiger partial charge in [0.25, 0.3) is 0 Å². The summed E-state index contributed by atoms with van der Waals surface area (Å²) < 4.78 is 11.2. The number of para-hydroxylation sites is 1. The first kappa shape index (κ1) is 12.6. The van der Waals surface area contributed by atoms with Crippen molar-refractivity contribution in [1.29, 1.82) is 0 Å². The van der Waals surface area contributed by atoms with E-state index >= 15 is 0 Å². The van der Waals surface area contributed by atoms with Crippen molar-refractivity contribution in [1.82, 2.24) is 4.98 Å². The number of nitrogens with zero attached hydrogens (tertiary/aromatic N) is 1. The Bertz CT molecular complexity index is 807. The fourth-order valence-corrected chi connectivity index (χ4v) is 3.12. The van der Waals surface area contributed by atoms with Gasteiger partial charge in [-0.05, 0) is 42.5 Å². The van der Waals surface area contributed by atoms with Crippen LogP contribution in [0.3, 0.4) is 0 Å². The van der Waals surface area contributed by atoms with Crippen LogP contribution in [0.4, 0.5) is 0 Å². The van der Waals surface area contributed by atoms with E-state index in [-0.39, 0.29) is 6.10 Å². The molecule has 0 bridgehead atoms. The highest BCUT2D eigenvalue weighted by Crippen LogP contribution is 2.36. The zero-order valence-corrected chi connectivity index (χ0v) is 12.0. The molecule has 1 aromatic heterocycles. The second kappa shape index (κ2) is 5.01. The number of hydrogen-bond donors (Lipinski definition) is 0. The Hall–Kier alpha value is -2.13. The summed E-state index contributed by atoms with van der Waals surface area (Å²) in [4.78, 5) is 4.88. The topological polar surface area (TPSA) is 31.4 Å². The number of rotatable bonds is 2. The van der Waals surface area contributed by atoms with Crippen molar-refractivity contribution in [2.75, 3.05) is 13.7 Å². The number of hydrogen-bond acceptors (Lipinski definition) is 3. The van der Waals surface area contributed by atoms with Crippen LogP contribution in [0, 0.1) is 0 Å². The third-order valence-electron chi connectivity index (χ3n) is 4.17. The molecule has 1 fully saturated rings. The molecular formula is C18H17NO2. The third kappa shape index (κ3) is 2.05. The first-order valence-corrected chi connectivity index (χ1v) is 7.35. The minimum atomic E-state index is 0.101. The number of pyridine rings is 1. The van der Waals surface area contributed by atoms with Crippen molar-refractivity contribution in [2.45, 2.75) is 18.9 Å². The van der Waals surface area contributed by atoms with Crippen LogP contribution >= 0.6 is 0 Å². The molecule has 21 heavy (non-hydrogen) atoms. The highest BCUT2D eigenvalue weighted by atomic mass is 16.5. The minimum absolute atomic E-state index is 0.101. The molecule has 1 unspecified atom stereocenters. The van der Waals surface area contributed by atoms with Gasteiger partial charge in [0.15, 0.2) is 0 Å². The Kier molecular flexibility index (Phi) is 3.00. The van der Waals surface area contributed by atoms with Gasteiger partial charge in [0.2, 0.25) is 0 Å². The molecule has 2 aromatic carbocycles. The molecule has 1 saturated heterocycles. The molecule has 1 aliphatic rings. The summed E-state index contributed by atoms with van der Waals surface area (Å²) >= 11 is 0. The van der Waals surface area contributed by atoms with E-state index in [1.165, 1.54) is 10.8 Å². The van der Waals surface area contributed by atoms with E-state index < -0.39 is 0 Å².